The summed E-state index contributed by atoms with van der Waals surface area (Å²) in [6, 6.07) is 15.9. The standard InChI is InChI=1S/C16H15BrN2/c1-11-6-5-7-12(2)16(11)15(10-18)19-14-9-4-3-8-13(14)17/h3-9,15,19H,1-2H3. The van der Waals surface area contributed by atoms with Crippen molar-refractivity contribution in [1.82, 2.24) is 0 Å². The normalized spacial score (nSPS) is 11.7. The summed E-state index contributed by atoms with van der Waals surface area (Å²) in [6.07, 6.45) is 0. The van der Waals surface area contributed by atoms with Crippen LogP contribution in [0.2, 0.25) is 0 Å². The monoisotopic (exact) mass is 314 g/mol. The zero-order valence-electron chi connectivity index (χ0n) is 10.9. The van der Waals surface area contributed by atoms with E-state index in [2.05, 4.69) is 27.3 Å². The molecule has 3 heteroatoms. The molecule has 1 unspecified atom stereocenters. The van der Waals surface area contributed by atoms with Crippen LogP contribution in [0.5, 0.6) is 0 Å². The first kappa shape index (κ1) is 13.6. The van der Waals surface area contributed by atoms with E-state index in [1.807, 2.05) is 56.3 Å². The fourth-order valence-electron chi connectivity index (χ4n) is 2.19. The van der Waals surface area contributed by atoms with Gasteiger partial charge in [0.25, 0.3) is 0 Å². The Morgan fingerprint density at radius 3 is 2.26 bits per heavy atom. The van der Waals surface area contributed by atoms with Crippen molar-refractivity contribution in [2.24, 2.45) is 0 Å². The highest BCUT2D eigenvalue weighted by Crippen LogP contribution is 2.28. The smallest absolute Gasteiger partial charge is 0.140 e. The lowest BCUT2D eigenvalue weighted by molar-refractivity contribution is 0.964. The molecule has 0 aliphatic heterocycles. The quantitative estimate of drug-likeness (QED) is 0.888. The number of rotatable bonds is 3. The van der Waals surface area contributed by atoms with Crippen LogP contribution in [0.15, 0.2) is 46.9 Å². The molecular formula is C16H15BrN2. The number of nitrogens with one attached hydrogen (secondary N) is 1. The average molecular weight is 315 g/mol. The first-order chi connectivity index (χ1) is 9.13. The van der Waals surface area contributed by atoms with E-state index in [0.717, 1.165) is 26.9 Å². The molecule has 19 heavy (non-hydrogen) atoms. The van der Waals surface area contributed by atoms with Crippen LogP contribution < -0.4 is 5.32 Å². The van der Waals surface area contributed by atoms with Crippen LogP contribution in [-0.2, 0) is 0 Å². The predicted molar refractivity (Wildman–Crippen MR) is 82.0 cm³/mol. The van der Waals surface area contributed by atoms with Crippen molar-refractivity contribution in [3.05, 3.63) is 63.6 Å². The Morgan fingerprint density at radius 1 is 1.05 bits per heavy atom. The number of nitriles is 1. The van der Waals surface area contributed by atoms with Crippen molar-refractivity contribution in [3.63, 3.8) is 0 Å². The van der Waals surface area contributed by atoms with Gasteiger partial charge in [-0.2, -0.15) is 5.26 Å². The van der Waals surface area contributed by atoms with Gasteiger partial charge in [-0.05, 0) is 58.6 Å². The summed E-state index contributed by atoms with van der Waals surface area (Å²) in [5.74, 6) is 0. The van der Waals surface area contributed by atoms with Crippen LogP contribution >= 0.6 is 15.9 Å². The van der Waals surface area contributed by atoms with E-state index in [0.29, 0.717) is 0 Å². The molecule has 0 saturated carbocycles. The van der Waals surface area contributed by atoms with Crippen molar-refractivity contribution in [1.29, 1.82) is 5.26 Å². The summed E-state index contributed by atoms with van der Waals surface area (Å²) < 4.78 is 0.960. The highest BCUT2D eigenvalue weighted by Gasteiger charge is 2.16. The number of benzene rings is 2. The second-order valence-electron chi connectivity index (χ2n) is 4.49. The Kier molecular flexibility index (Phi) is 4.24. The number of hydrogen-bond acceptors (Lipinski definition) is 2. The number of hydrogen-bond donors (Lipinski definition) is 1. The maximum absolute atomic E-state index is 9.45. The molecular weight excluding hydrogens is 300 g/mol. The molecule has 0 radical (unpaired) electrons. The van der Waals surface area contributed by atoms with Gasteiger partial charge < -0.3 is 5.32 Å². The second kappa shape index (κ2) is 5.90. The Hall–Kier alpha value is -1.79. The molecule has 0 heterocycles. The van der Waals surface area contributed by atoms with Crippen molar-refractivity contribution >= 4 is 21.6 Å². The maximum atomic E-state index is 9.45. The predicted octanol–water partition coefficient (Wildman–Crippen LogP) is 4.74. The van der Waals surface area contributed by atoms with E-state index in [9.17, 15) is 5.26 Å². The minimum atomic E-state index is -0.347. The third-order valence-corrected chi connectivity index (χ3v) is 3.83. The molecule has 0 saturated heterocycles. The molecule has 0 fully saturated rings. The van der Waals surface area contributed by atoms with Gasteiger partial charge in [0.15, 0.2) is 0 Å². The van der Waals surface area contributed by atoms with Gasteiger partial charge in [0.1, 0.15) is 6.04 Å². The minimum Gasteiger partial charge on any atom is -0.365 e. The zero-order valence-corrected chi connectivity index (χ0v) is 12.5. The van der Waals surface area contributed by atoms with E-state index >= 15 is 0 Å². The van der Waals surface area contributed by atoms with Crippen LogP contribution in [0.4, 0.5) is 5.69 Å². The van der Waals surface area contributed by atoms with E-state index in [4.69, 9.17) is 0 Å². The summed E-state index contributed by atoms with van der Waals surface area (Å²) in [6.45, 7) is 4.07. The Morgan fingerprint density at radius 2 is 1.68 bits per heavy atom. The number of para-hydroxylation sites is 1. The lowest BCUT2D eigenvalue weighted by Gasteiger charge is -2.18. The van der Waals surface area contributed by atoms with Crippen molar-refractivity contribution < 1.29 is 0 Å². The topological polar surface area (TPSA) is 35.8 Å². The minimum absolute atomic E-state index is 0.347. The van der Waals surface area contributed by atoms with Gasteiger partial charge >= 0.3 is 0 Å². The fraction of sp³-hybridized carbons (Fsp3) is 0.188. The van der Waals surface area contributed by atoms with Crippen molar-refractivity contribution in [3.8, 4) is 6.07 Å². The number of aryl methyl sites for hydroxylation is 2. The van der Waals surface area contributed by atoms with E-state index in [-0.39, 0.29) is 6.04 Å². The molecule has 0 spiro atoms. The SMILES string of the molecule is Cc1cccc(C)c1C(C#N)Nc1ccccc1Br. The molecule has 1 N–H and O–H groups in total. The molecule has 2 rings (SSSR count). The highest BCUT2D eigenvalue weighted by atomic mass is 79.9. The molecule has 0 aliphatic rings. The fourth-order valence-corrected chi connectivity index (χ4v) is 2.58. The highest BCUT2D eigenvalue weighted by molar-refractivity contribution is 9.10. The second-order valence-corrected chi connectivity index (χ2v) is 5.35. The first-order valence-corrected chi connectivity index (χ1v) is 6.89. The third-order valence-electron chi connectivity index (χ3n) is 3.13. The maximum Gasteiger partial charge on any atom is 0.140 e. The summed E-state index contributed by atoms with van der Waals surface area (Å²) in [4.78, 5) is 0. The summed E-state index contributed by atoms with van der Waals surface area (Å²) in [5, 5.41) is 12.7. The Balaban J connectivity index is 2.37. The van der Waals surface area contributed by atoms with Gasteiger partial charge in [-0.25, -0.2) is 0 Å². The lowest BCUT2D eigenvalue weighted by Crippen LogP contribution is -2.12. The number of nitrogens with zero attached hydrogens (tertiary/aromatic N) is 1. The summed E-state index contributed by atoms with van der Waals surface area (Å²) in [5.41, 5.74) is 4.25. The first-order valence-electron chi connectivity index (χ1n) is 6.10. The molecule has 2 aromatic carbocycles. The molecule has 0 bridgehead atoms. The Bertz CT molecular complexity index is 609. The molecule has 0 amide bonds. The van der Waals surface area contributed by atoms with Crippen molar-refractivity contribution in [2.75, 3.05) is 5.32 Å². The van der Waals surface area contributed by atoms with Gasteiger partial charge in [0, 0.05) is 10.2 Å². The lowest BCUT2D eigenvalue weighted by atomic mass is 9.96. The molecule has 96 valence electrons. The van der Waals surface area contributed by atoms with Crippen LogP contribution in [-0.4, -0.2) is 0 Å². The molecule has 2 aromatic rings. The molecule has 2 nitrogen and oxygen atoms in total. The molecule has 0 aromatic heterocycles. The van der Waals surface area contributed by atoms with E-state index in [1.54, 1.807) is 0 Å². The van der Waals surface area contributed by atoms with Gasteiger partial charge in [-0.15, -0.1) is 0 Å². The van der Waals surface area contributed by atoms with Gasteiger partial charge in [-0.1, -0.05) is 30.3 Å². The van der Waals surface area contributed by atoms with Gasteiger partial charge in [0.05, 0.1) is 6.07 Å². The van der Waals surface area contributed by atoms with Crippen LogP contribution in [0, 0.1) is 25.2 Å². The Labute approximate surface area is 122 Å². The van der Waals surface area contributed by atoms with E-state index < -0.39 is 0 Å². The number of halogens is 1. The zero-order chi connectivity index (χ0) is 13.8. The summed E-state index contributed by atoms with van der Waals surface area (Å²) >= 11 is 3.49. The van der Waals surface area contributed by atoms with Crippen LogP contribution in [0.1, 0.15) is 22.7 Å². The van der Waals surface area contributed by atoms with Crippen LogP contribution in [0.25, 0.3) is 0 Å². The van der Waals surface area contributed by atoms with Gasteiger partial charge in [0.2, 0.25) is 0 Å². The molecule has 0 aliphatic carbocycles. The largest absolute Gasteiger partial charge is 0.365 e. The third kappa shape index (κ3) is 2.97. The molecule has 1 atom stereocenters. The number of anilines is 1. The van der Waals surface area contributed by atoms with Crippen molar-refractivity contribution in [2.45, 2.75) is 19.9 Å². The van der Waals surface area contributed by atoms with Gasteiger partial charge in [-0.3, -0.25) is 0 Å². The summed E-state index contributed by atoms with van der Waals surface area (Å²) in [7, 11) is 0. The van der Waals surface area contributed by atoms with E-state index in [1.165, 1.54) is 0 Å². The van der Waals surface area contributed by atoms with Crippen LogP contribution in [0.3, 0.4) is 0 Å². The average Bonchev–Trinajstić information content (AvgIpc) is 2.39.